The van der Waals surface area contributed by atoms with Crippen LogP contribution in [-0.2, 0) is 0 Å². The number of nitrogens with one attached hydrogen (secondary N) is 2. The van der Waals surface area contributed by atoms with Crippen LogP contribution in [0.3, 0.4) is 0 Å². The quantitative estimate of drug-likeness (QED) is 0.865. The Morgan fingerprint density at radius 3 is 2.35 bits per heavy atom. The van der Waals surface area contributed by atoms with E-state index in [0.717, 1.165) is 12.8 Å². The van der Waals surface area contributed by atoms with Crippen LogP contribution in [0.25, 0.3) is 0 Å². The van der Waals surface area contributed by atoms with Gasteiger partial charge in [-0.15, -0.1) is 0 Å². The molecule has 5 nitrogen and oxygen atoms in total. The monoisotopic (exact) mass is 371 g/mol. The molecule has 2 aromatic rings. The van der Waals surface area contributed by atoms with Crippen molar-refractivity contribution >= 4 is 29.1 Å². The predicted octanol–water partition coefficient (Wildman–Crippen LogP) is 3.42. The van der Waals surface area contributed by atoms with Crippen LogP contribution in [0.1, 0.15) is 33.6 Å². The molecule has 1 aliphatic rings. The van der Waals surface area contributed by atoms with Crippen molar-refractivity contribution in [2.75, 3.05) is 25.5 Å². The Balaban J connectivity index is 1.74. The zero-order valence-corrected chi connectivity index (χ0v) is 15.4. The Morgan fingerprint density at radius 2 is 1.69 bits per heavy atom. The molecule has 0 radical (unpaired) electrons. The van der Waals surface area contributed by atoms with Crippen molar-refractivity contribution in [3.05, 3.63) is 64.7 Å². The number of nitrogens with zero attached hydrogens (tertiary/aromatic N) is 1. The van der Waals surface area contributed by atoms with E-state index in [2.05, 4.69) is 10.6 Å². The van der Waals surface area contributed by atoms with Crippen molar-refractivity contribution in [3.63, 3.8) is 0 Å². The van der Waals surface area contributed by atoms with Crippen molar-refractivity contribution in [2.24, 2.45) is 0 Å². The fourth-order valence-corrected chi connectivity index (χ4v) is 3.24. The lowest BCUT2D eigenvalue weighted by atomic mass is 10.0. The highest BCUT2D eigenvalue weighted by atomic mass is 35.5. The standard InChI is InChI=1S/C20H22ClN3O2/c1-22-16-10-12-24(13-11-16)20(26)17-4-2-3-5-18(17)23-19(25)14-6-8-15(21)9-7-14/h2-9,16,22H,10-13H2,1H3,(H,23,25). The predicted molar refractivity (Wildman–Crippen MR) is 104 cm³/mol. The Labute approximate surface area is 158 Å². The van der Waals surface area contributed by atoms with Crippen LogP contribution in [0, 0.1) is 0 Å². The van der Waals surface area contributed by atoms with E-state index in [1.807, 2.05) is 24.1 Å². The van der Waals surface area contributed by atoms with E-state index >= 15 is 0 Å². The first-order valence-corrected chi connectivity index (χ1v) is 9.09. The number of anilines is 1. The van der Waals surface area contributed by atoms with E-state index in [1.165, 1.54) is 0 Å². The number of carbonyl (C=O) groups excluding carboxylic acids is 2. The minimum absolute atomic E-state index is 0.0495. The van der Waals surface area contributed by atoms with Gasteiger partial charge in [-0.1, -0.05) is 23.7 Å². The van der Waals surface area contributed by atoms with E-state index in [-0.39, 0.29) is 11.8 Å². The summed E-state index contributed by atoms with van der Waals surface area (Å²) in [5, 5.41) is 6.67. The summed E-state index contributed by atoms with van der Waals surface area (Å²) in [6.45, 7) is 1.42. The van der Waals surface area contributed by atoms with Gasteiger partial charge in [0, 0.05) is 29.7 Å². The maximum absolute atomic E-state index is 12.9. The summed E-state index contributed by atoms with van der Waals surface area (Å²) in [7, 11) is 1.95. The normalized spacial score (nSPS) is 14.9. The topological polar surface area (TPSA) is 61.4 Å². The summed E-state index contributed by atoms with van der Waals surface area (Å²) in [5.74, 6) is -0.317. The van der Waals surface area contributed by atoms with Gasteiger partial charge in [-0.2, -0.15) is 0 Å². The van der Waals surface area contributed by atoms with Crippen LogP contribution in [0.2, 0.25) is 5.02 Å². The van der Waals surface area contributed by atoms with Crippen molar-refractivity contribution in [1.82, 2.24) is 10.2 Å². The lowest BCUT2D eigenvalue weighted by Gasteiger charge is -2.32. The molecule has 2 amide bonds. The summed E-state index contributed by atoms with van der Waals surface area (Å²) < 4.78 is 0. The second kappa shape index (κ2) is 8.34. The van der Waals surface area contributed by atoms with Crippen LogP contribution in [-0.4, -0.2) is 42.9 Å². The average Bonchev–Trinajstić information content (AvgIpc) is 2.68. The molecule has 2 N–H and O–H groups in total. The molecule has 1 saturated heterocycles. The highest BCUT2D eigenvalue weighted by Crippen LogP contribution is 2.21. The fraction of sp³-hybridized carbons (Fsp3) is 0.300. The number of para-hydroxylation sites is 1. The van der Waals surface area contributed by atoms with Gasteiger partial charge in [-0.05, 0) is 56.3 Å². The minimum Gasteiger partial charge on any atom is -0.338 e. The molecule has 0 spiro atoms. The second-order valence-electron chi connectivity index (χ2n) is 6.36. The summed E-state index contributed by atoms with van der Waals surface area (Å²) in [4.78, 5) is 27.2. The third kappa shape index (κ3) is 4.23. The molecule has 1 fully saturated rings. The number of carbonyl (C=O) groups is 2. The van der Waals surface area contributed by atoms with Gasteiger partial charge in [0.15, 0.2) is 0 Å². The summed E-state index contributed by atoms with van der Waals surface area (Å²) in [6, 6.07) is 14.2. The molecule has 136 valence electrons. The number of hydrogen-bond acceptors (Lipinski definition) is 3. The van der Waals surface area contributed by atoms with E-state index in [1.54, 1.807) is 36.4 Å². The van der Waals surface area contributed by atoms with Crippen LogP contribution in [0.15, 0.2) is 48.5 Å². The summed E-state index contributed by atoms with van der Waals surface area (Å²) >= 11 is 5.86. The number of benzene rings is 2. The third-order valence-electron chi connectivity index (χ3n) is 4.70. The maximum atomic E-state index is 12.9. The molecule has 1 heterocycles. The van der Waals surface area contributed by atoms with Crippen molar-refractivity contribution < 1.29 is 9.59 Å². The lowest BCUT2D eigenvalue weighted by Crippen LogP contribution is -2.44. The Morgan fingerprint density at radius 1 is 1.04 bits per heavy atom. The molecule has 1 aliphatic heterocycles. The number of piperidine rings is 1. The summed E-state index contributed by atoms with van der Waals surface area (Å²) in [6.07, 6.45) is 1.86. The van der Waals surface area contributed by atoms with Crippen LogP contribution >= 0.6 is 11.6 Å². The molecule has 26 heavy (non-hydrogen) atoms. The van der Waals surface area contributed by atoms with Gasteiger partial charge in [-0.25, -0.2) is 0 Å². The van der Waals surface area contributed by atoms with Gasteiger partial charge in [0.05, 0.1) is 11.3 Å². The minimum atomic E-state index is -0.268. The summed E-state index contributed by atoms with van der Waals surface area (Å²) in [5.41, 5.74) is 1.53. The first kappa shape index (κ1) is 18.4. The molecule has 0 saturated carbocycles. The second-order valence-corrected chi connectivity index (χ2v) is 6.80. The largest absolute Gasteiger partial charge is 0.338 e. The molecule has 0 atom stereocenters. The maximum Gasteiger partial charge on any atom is 0.255 e. The van der Waals surface area contributed by atoms with Gasteiger partial charge in [0.1, 0.15) is 0 Å². The Kier molecular flexibility index (Phi) is 5.91. The highest BCUT2D eigenvalue weighted by Gasteiger charge is 2.24. The van der Waals surface area contributed by atoms with E-state index in [0.29, 0.717) is 41.0 Å². The van der Waals surface area contributed by atoms with Gasteiger partial charge < -0.3 is 15.5 Å². The van der Waals surface area contributed by atoms with E-state index < -0.39 is 0 Å². The molecule has 0 unspecified atom stereocenters. The lowest BCUT2D eigenvalue weighted by molar-refractivity contribution is 0.0708. The van der Waals surface area contributed by atoms with Crippen molar-refractivity contribution in [3.8, 4) is 0 Å². The molecule has 6 heteroatoms. The smallest absolute Gasteiger partial charge is 0.255 e. The van der Waals surface area contributed by atoms with Crippen LogP contribution < -0.4 is 10.6 Å². The van der Waals surface area contributed by atoms with E-state index in [9.17, 15) is 9.59 Å². The van der Waals surface area contributed by atoms with Gasteiger partial charge in [-0.3, -0.25) is 9.59 Å². The molecule has 0 bridgehead atoms. The number of hydrogen-bond donors (Lipinski definition) is 2. The van der Waals surface area contributed by atoms with Crippen molar-refractivity contribution in [2.45, 2.75) is 18.9 Å². The molecule has 3 rings (SSSR count). The van der Waals surface area contributed by atoms with Gasteiger partial charge in [0.2, 0.25) is 0 Å². The zero-order valence-electron chi connectivity index (χ0n) is 14.7. The fourth-order valence-electron chi connectivity index (χ4n) is 3.12. The van der Waals surface area contributed by atoms with Crippen LogP contribution in [0.5, 0.6) is 0 Å². The Bertz CT molecular complexity index is 784. The van der Waals surface area contributed by atoms with Gasteiger partial charge in [0.25, 0.3) is 11.8 Å². The van der Waals surface area contributed by atoms with Crippen LogP contribution in [0.4, 0.5) is 5.69 Å². The first-order valence-electron chi connectivity index (χ1n) is 8.71. The number of likely N-dealkylation sites (tertiary alicyclic amines) is 1. The van der Waals surface area contributed by atoms with Gasteiger partial charge >= 0.3 is 0 Å². The number of rotatable bonds is 4. The SMILES string of the molecule is CNC1CCN(C(=O)c2ccccc2NC(=O)c2ccc(Cl)cc2)CC1. The Hall–Kier alpha value is -2.37. The zero-order chi connectivity index (χ0) is 18.5. The molecular weight excluding hydrogens is 350 g/mol. The number of halogens is 1. The molecular formula is C20H22ClN3O2. The van der Waals surface area contributed by atoms with Crippen molar-refractivity contribution in [1.29, 1.82) is 0 Å². The third-order valence-corrected chi connectivity index (χ3v) is 4.95. The molecule has 2 aromatic carbocycles. The molecule has 0 aromatic heterocycles. The average molecular weight is 372 g/mol. The number of amides is 2. The highest BCUT2D eigenvalue weighted by molar-refractivity contribution is 6.30. The first-order chi connectivity index (χ1) is 12.6. The van der Waals surface area contributed by atoms with E-state index in [4.69, 9.17) is 11.6 Å². The molecule has 0 aliphatic carbocycles.